The third-order valence-electron chi connectivity index (χ3n) is 4.49. The summed E-state index contributed by atoms with van der Waals surface area (Å²) in [6.45, 7) is 8.00. The summed E-state index contributed by atoms with van der Waals surface area (Å²) in [5.74, 6) is -0.0358. The van der Waals surface area contributed by atoms with Crippen LogP contribution < -0.4 is 5.32 Å². The van der Waals surface area contributed by atoms with Crippen LogP contribution in [-0.2, 0) is 4.79 Å². The first kappa shape index (κ1) is 18.0. The molecule has 5 nitrogen and oxygen atoms in total. The second kappa shape index (κ2) is 6.98. The Balaban J connectivity index is 1.58. The standard InChI is InChI=1S/C20H20N4OS2/c1-11-9-12(2)17(13(3)10-11)21-18(25)14(4)26-19-22-23-20-24(19)15-7-5-6-8-16(15)27-20/h5-10,14H,1-4H3,(H,21,25). The molecule has 1 atom stereocenters. The number of hydrogen-bond acceptors (Lipinski definition) is 5. The van der Waals surface area contributed by atoms with Gasteiger partial charge in [0.15, 0.2) is 5.16 Å². The van der Waals surface area contributed by atoms with E-state index in [1.54, 1.807) is 11.3 Å². The van der Waals surface area contributed by atoms with Crippen molar-refractivity contribution in [2.24, 2.45) is 0 Å². The zero-order valence-electron chi connectivity index (χ0n) is 15.6. The van der Waals surface area contributed by atoms with Crippen LogP contribution in [0.4, 0.5) is 5.69 Å². The first-order valence-electron chi connectivity index (χ1n) is 8.72. The molecule has 1 amide bonds. The molecular weight excluding hydrogens is 376 g/mol. The van der Waals surface area contributed by atoms with Gasteiger partial charge in [0.2, 0.25) is 10.9 Å². The molecule has 0 bridgehead atoms. The predicted molar refractivity (Wildman–Crippen MR) is 113 cm³/mol. The highest BCUT2D eigenvalue weighted by Gasteiger charge is 2.21. The van der Waals surface area contributed by atoms with E-state index in [-0.39, 0.29) is 11.2 Å². The SMILES string of the molecule is Cc1cc(C)c(NC(=O)C(C)Sc2nnc3sc4ccccc4n23)c(C)c1. The second-order valence-corrected chi connectivity index (χ2v) is 9.01. The molecule has 0 fully saturated rings. The molecule has 7 heteroatoms. The van der Waals surface area contributed by atoms with Crippen molar-refractivity contribution in [2.75, 3.05) is 5.32 Å². The Bertz CT molecular complexity index is 1140. The lowest BCUT2D eigenvalue weighted by Gasteiger charge is -2.15. The third-order valence-corrected chi connectivity index (χ3v) is 6.54. The van der Waals surface area contributed by atoms with E-state index in [1.165, 1.54) is 17.3 Å². The molecule has 2 aromatic heterocycles. The van der Waals surface area contributed by atoms with Gasteiger partial charge in [-0.05, 0) is 51.0 Å². The van der Waals surface area contributed by atoms with Crippen LogP contribution in [0.5, 0.6) is 0 Å². The second-order valence-electron chi connectivity index (χ2n) is 6.69. The number of nitrogens with zero attached hydrogens (tertiary/aromatic N) is 3. The molecule has 2 aromatic carbocycles. The number of amides is 1. The van der Waals surface area contributed by atoms with E-state index in [4.69, 9.17) is 0 Å². The summed E-state index contributed by atoms with van der Waals surface area (Å²) in [5, 5.41) is 12.1. The molecular formula is C20H20N4OS2. The number of thiazole rings is 1. The molecule has 2 heterocycles. The van der Waals surface area contributed by atoms with Gasteiger partial charge in [-0.3, -0.25) is 9.20 Å². The summed E-state index contributed by atoms with van der Waals surface area (Å²) in [7, 11) is 0. The Kier molecular flexibility index (Phi) is 4.65. The van der Waals surface area contributed by atoms with Gasteiger partial charge in [0.1, 0.15) is 0 Å². The number of thioether (sulfide) groups is 1. The van der Waals surface area contributed by atoms with Crippen LogP contribution in [0.1, 0.15) is 23.6 Å². The summed E-state index contributed by atoms with van der Waals surface area (Å²) in [6, 6.07) is 12.3. The van der Waals surface area contributed by atoms with Crippen molar-refractivity contribution in [3.05, 3.63) is 53.1 Å². The number of aromatic nitrogens is 3. The number of hydrogen-bond donors (Lipinski definition) is 1. The van der Waals surface area contributed by atoms with Gasteiger partial charge in [0.05, 0.1) is 15.5 Å². The smallest absolute Gasteiger partial charge is 0.237 e. The molecule has 0 aliphatic rings. The zero-order chi connectivity index (χ0) is 19.1. The summed E-state index contributed by atoms with van der Waals surface area (Å²) in [4.78, 5) is 13.6. The van der Waals surface area contributed by atoms with Gasteiger partial charge in [0, 0.05) is 5.69 Å². The van der Waals surface area contributed by atoms with Crippen molar-refractivity contribution in [1.82, 2.24) is 14.6 Å². The first-order valence-corrected chi connectivity index (χ1v) is 10.4. The Morgan fingerprint density at radius 1 is 1.15 bits per heavy atom. The molecule has 27 heavy (non-hydrogen) atoms. The topological polar surface area (TPSA) is 59.3 Å². The summed E-state index contributed by atoms with van der Waals surface area (Å²) in [6.07, 6.45) is 0. The van der Waals surface area contributed by atoms with E-state index < -0.39 is 0 Å². The molecule has 1 N–H and O–H groups in total. The van der Waals surface area contributed by atoms with Crippen LogP contribution in [0.25, 0.3) is 15.2 Å². The number of anilines is 1. The van der Waals surface area contributed by atoms with Crippen molar-refractivity contribution in [3.63, 3.8) is 0 Å². The molecule has 0 radical (unpaired) electrons. The van der Waals surface area contributed by atoms with E-state index >= 15 is 0 Å². The molecule has 0 spiro atoms. The molecule has 0 saturated carbocycles. The highest BCUT2D eigenvalue weighted by atomic mass is 32.2. The molecule has 0 saturated heterocycles. The van der Waals surface area contributed by atoms with Crippen molar-refractivity contribution < 1.29 is 4.79 Å². The average Bonchev–Trinajstić information content (AvgIpc) is 3.17. The fourth-order valence-electron chi connectivity index (χ4n) is 3.25. The van der Waals surface area contributed by atoms with E-state index in [2.05, 4.69) is 46.7 Å². The number of carbonyl (C=O) groups is 1. The Hall–Kier alpha value is -2.38. The van der Waals surface area contributed by atoms with Crippen molar-refractivity contribution in [2.45, 2.75) is 38.1 Å². The lowest BCUT2D eigenvalue weighted by Crippen LogP contribution is -2.23. The third kappa shape index (κ3) is 3.33. The van der Waals surface area contributed by atoms with Gasteiger partial charge in [-0.25, -0.2) is 0 Å². The number of fused-ring (bicyclic) bond motifs is 3. The normalized spacial score (nSPS) is 12.6. The van der Waals surface area contributed by atoms with E-state index in [0.717, 1.165) is 37.1 Å². The number of para-hydroxylation sites is 1. The van der Waals surface area contributed by atoms with Crippen LogP contribution in [0.15, 0.2) is 41.6 Å². The van der Waals surface area contributed by atoms with Crippen LogP contribution >= 0.6 is 23.1 Å². The molecule has 0 aliphatic heterocycles. The van der Waals surface area contributed by atoms with Gasteiger partial charge in [0.25, 0.3) is 0 Å². The van der Waals surface area contributed by atoms with Gasteiger partial charge >= 0.3 is 0 Å². The number of carbonyl (C=O) groups excluding carboxylic acids is 1. The Morgan fingerprint density at radius 3 is 2.59 bits per heavy atom. The predicted octanol–water partition coefficient (Wildman–Crippen LogP) is 4.99. The number of nitrogens with one attached hydrogen (secondary N) is 1. The summed E-state index contributed by atoms with van der Waals surface area (Å²) >= 11 is 3.03. The number of aryl methyl sites for hydroxylation is 3. The number of benzene rings is 2. The molecule has 4 rings (SSSR count). The fourth-order valence-corrected chi connectivity index (χ4v) is 5.13. The van der Waals surface area contributed by atoms with E-state index in [1.807, 2.05) is 37.3 Å². The summed E-state index contributed by atoms with van der Waals surface area (Å²) in [5.41, 5.74) is 5.31. The van der Waals surface area contributed by atoms with Crippen LogP contribution in [0, 0.1) is 20.8 Å². The highest BCUT2D eigenvalue weighted by Crippen LogP contribution is 2.31. The lowest BCUT2D eigenvalue weighted by atomic mass is 10.1. The first-order chi connectivity index (χ1) is 12.9. The van der Waals surface area contributed by atoms with Crippen molar-refractivity contribution in [1.29, 1.82) is 0 Å². The Labute approximate surface area is 165 Å². The van der Waals surface area contributed by atoms with Gasteiger partial charge < -0.3 is 5.32 Å². The van der Waals surface area contributed by atoms with Crippen molar-refractivity contribution in [3.8, 4) is 0 Å². The van der Waals surface area contributed by atoms with E-state index in [0.29, 0.717) is 0 Å². The largest absolute Gasteiger partial charge is 0.325 e. The van der Waals surface area contributed by atoms with Crippen LogP contribution in [0.3, 0.4) is 0 Å². The monoisotopic (exact) mass is 396 g/mol. The molecule has 4 aromatic rings. The minimum atomic E-state index is -0.295. The quantitative estimate of drug-likeness (QED) is 0.494. The van der Waals surface area contributed by atoms with E-state index in [9.17, 15) is 4.79 Å². The molecule has 0 aliphatic carbocycles. The maximum absolute atomic E-state index is 12.8. The minimum Gasteiger partial charge on any atom is -0.325 e. The summed E-state index contributed by atoms with van der Waals surface area (Å²) < 4.78 is 3.18. The Morgan fingerprint density at radius 2 is 1.85 bits per heavy atom. The minimum absolute atomic E-state index is 0.0358. The van der Waals surface area contributed by atoms with Gasteiger partial charge in [-0.15, -0.1) is 10.2 Å². The maximum atomic E-state index is 12.8. The van der Waals surface area contributed by atoms with Crippen LogP contribution in [-0.4, -0.2) is 25.8 Å². The lowest BCUT2D eigenvalue weighted by molar-refractivity contribution is -0.115. The highest BCUT2D eigenvalue weighted by molar-refractivity contribution is 8.00. The van der Waals surface area contributed by atoms with Crippen molar-refractivity contribution >= 4 is 49.9 Å². The fraction of sp³-hybridized carbons (Fsp3) is 0.250. The molecule has 1 unspecified atom stereocenters. The van der Waals surface area contributed by atoms with Gasteiger partial charge in [-0.2, -0.15) is 0 Å². The average molecular weight is 397 g/mol. The zero-order valence-corrected chi connectivity index (χ0v) is 17.2. The van der Waals surface area contributed by atoms with Gasteiger partial charge in [-0.1, -0.05) is 52.9 Å². The van der Waals surface area contributed by atoms with Crippen LogP contribution in [0.2, 0.25) is 0 Å². The maximum Gasteiger partial charge on any atom is 0.237 e. The molecule has 138 valence electrons. The number of rotatable bonds is 4.